The monoisotopic (exact) mass is 246 g/mol. The van der Waals surface area contributed by atoms with Gasteiger partial charge in [-0.15, -0.1) is 0 Å². The SMILES string of the molecule is NNc1cc(C(=O)NC2CC3CCC2C3)ccn1. The van der Waals surface area contributed by atoms with Crippen molar-refractivity contribution < 1.29 is 4.79 Å². The average Bonchev–Trinajstić information content (AvgIpc) is 3.01. The number of rotatable bonds is 3. The predicted octanol–water partition coefficient (Wildman–Crippen LogP) is 1.29. The number of hydrazine groups is 1. The molecule has 18 heavy (non-hydrogen) atoms. The van der Waals surface area contributed by atoms with Crippen LogP contribution in [0.3, 0.4) is 0 Å². The molecular weight excluding hydrogens is 228 g/mol. The molecule has 2 aliphatic carbocycles. The van der Waals surface area contributed by atoms with Crippen molar-refractivity contribution in [2.24, 2.45) is 17.7 Å². The van der Waals surface area contributed by atoms with Crippen LogP contribution in [0.2, 0.25) is 0 Å². The number of hydrogen-bond acceptors (Lipinski definition) is 4. The van der Waals surface area contributed by atoms with Crippen LogP contribution < -0.4 is 16.6 Å². The van der Waals surface area contributed by atoms with E-state index in [4.69, 9.17) is 5.84 Å². The third kappa shape index (κ3) is 2.06. The van der Waals surface area contributed by atoms with Crippen LogP contribution in [0.15, 0.2) is 18.3 Å². The molecule has 1 aromatic heterocycles. The number of nitrogens with one attached hydrogen (secondary N) is 2. The summed E-state index contributed by atoms with van der Waals surface area (Å²) < 4.78 is 0. The highest BCUT2D eigenvalue weighted by Crippen LogP contribution is 2.44. The van der Waals surface area contributed by atoms with Crippen molar-refractivity contribution in [3.63, 3.8) is 0 Å². The van der Waals surface area contributed by atoms with Gasteiger partial charge in [0.05, 0.1) is 0 Å². The van der Waals surface area contributed by atoms with E-state index in [1.807, 2.05) is 0 Å². The number of carbonyl (C=O) groups is 1. The second-order valence-electron chi connectivity index (χ2n) is 5.33. The Morgan fingerprint density at radius 1 is 1.39 bits per heavy atom. The van der Waals surface area contributed by atoms with E-state index >= 15 is 0 Å². The molecule has 1 heterocycles. The molecule has 3 atom stereocenters. The molecule has 4 N–H and O–H groups in total. The van der Waals surface area contributed by atoms with Crippen molar-refractivity contribution in [2.75, 3.05) is 5.43 Å². The first-order valence-corrected chi connectivity index (χ1v) is 6.50. The van der Waals surface area contributed by atoms with Crippen LogP contribution in [0.4, 0.5) is 5.82 Å². The van der Waals surface area contributed by atoms with Gasteiger partial charge in [-0.1, -0.05) is 6.42 Å². The van der Waals surface area contributed by atoms with Gasteiger partial charge in [0.1, 0.15) is 5.82 Å². The molecule has 2 fully saturated rings. The molecule has 0 aromatic carbocycles. The Labute approximate surface area is 106 Å². The molecule has 2 saturated carbocycles. The topological polar surface area (TPSA) is 80.0 Å². The maximum absolute atomic E-state index is 12.1. The maximum atomic E-state index is 12.1. The first-order valence-electron chi connectivity index (χ1n) is 6.50. The standard InChI is InChI=1S/C13H18N4O/c14-17-12-7-10(3-4-15-12)13(18)16-11-6-8-1-2-9(11)5-8/h3-4,7-9,11H,1-2,5-6,14H2,(H,15,17)(H,16,18). The number of hydrogen-bond donors (Lipinski definition) is 3. The molecule has 0 radical (unpaired) electrons. The highest BCUT2D eigenvalue weighted by Gasteiger charge is 2.40. The van der Waals surface area contributed by atoms with Gasteiger partial charge in [-0.05, 0) is 43.2 Å². The molecule has 0 aliphatic heterocycles. The van der Waals surface area contributed by atoms with Crippen LogP contribution in [0.5, 0.6) is 0 Å². The summed E-state index contributed by atoms with van der Waals surface area (Å²) in [5.74, 6) is 7.30. The van der Waals surface area contributed by atoms with E-state index in [0.717, 1.165) is 12.3 Å². The van der Waals surface area contributed by atoms with Gasteiger partial charge in [0, 0.05) is 17.8 Å². The normalized spacial score (nSPS) is 29.3. The van der Waals surface area contributed by atoms with Gasteiger partial charge in [-0.25, -0.2) is 10.8 Å². The lowest BCUT2D eigenvalue weighted by molar-refractivity contribution is 0.0923. The van der Waals surface area contributed by atoms with E-state index in [1.165, 1.54) is 19.3 Å². The zero-order chi connectivity index (χ0) is 12.5. The van der Waals surface area contributed by atoms with E-state index < -0.39 is 0 Å². The van der Waals surface area contributed by atoms with Gasteiger partial charge < -0.3 is 10.7 Å². The molecule has 3 rings (SSSR count). The Hall–Kier alpha value is -1.62. The summed E-state index contributed by atoms with van der Waals surface area (Å²) in [4.78, 5) is 16.1. The molecule has 1 aromatic rings. The minimum absolute atomic E-state index is 0.0218. The van der Waals surface area contributed by atoms with E-state index in [1.54, 1.807) is 18.3 Å². The Balaban J connectivity index is 1.67. The summed E-state index contributed by atoms with van der Waals surface area (Å²) in [7, 11) is 0. The number of anilines is 1. The van der Waals surface area contributed by atoms with E-state index in [-0.39, 0.29) is 5.91 Å². The lowest BCUT2D eigenvalue weighted by atomic mass is 9.95. The van der Waals surface area contributed by atoms with Crippen molar-refractivity contribution in [3.05, 3.63) is 23.9 Å². The first-order chi connectivity index (χ1) is 8.76. The first kappa shape index (κ1) is 11.5. The molecule has 96 valence electrons. The number of nitrogens with two attached hydrogens (primary N) is 1. The van der Waals surface area contributed by atoms with Crippen LogP contribution >= 0.6 is 0 Å². The van der Waals surface area contributed by atoms with Crippen molar-refractivity contribution >= 4 is 11.7 Å². The molecule has 3 unspecified atom stereocenters. The van der Waals surface area contributed by atoms with Gasteiger partial charge in [-0.2, -0.15) is 0 Å². The highest BCUT2D eigenvalue weighted by atomic mass is 16.1. The molecule has 0 spiro atoms. The highest BCUT2D eigenvalue weighted by molar-refractivity contribution is 5.95. The molecule has 2 bridgehead atoms. The summed E-state index contributed by atoms with van der Waals surface area (Å²) in [6.45, 7) is 0. The van der Waals surface area contributed by atoms with Gasteiger partial charge in [0.15, 0.2) is 0 Å². The molecule has 5 heteroatoms. The smallest absolute Gasteiger partial charge is 0.251 e. The molecule has 0 saturated heterocycles. The molecule has 5 nitrogen and oxygen atoms in total. The number of carbonyl (C=O) groups excluding carboxylic acids is 1. The average molecular weight is 246 g/mol. The summed E-state index contributed by atoms with van der Waals surface area (Å²) in [5, 5.41) is 3.14. The van der Waals surface area contributed by atoms with Gasteiger partial charge in [0.2, 0.25) is 0 Å². The predicted molar refractivity (Wildman–Crippen MR) is 68.7 cm³/mol. The third-order valence-corrected chi connectivity index (χ3v) is 4.22. The van der Waals surface area contributed by atoms with E-state index in [0.29, 0.717) is 23.3 Å². The minimum atomic E-state index is -0.0218. The zero-order valence-electron chi connectivity index (χ0n) is 10.2. The second kappa shape index (κ2) is 4.57. The van der Waals surface area contributed by atoms with Crippen LogP contribution in [-0.4, -0.2) is 16.9 Å². The number of nitrogen functional groups attached to an aromatic ring is 1. The fraction of sp³-hybridized carbons (Fsp3) is 0.538. The Morgan fingerprint density at radius 2 is 2.28 bits per heavy atom. The molecule has 2 aliphatic rings. The van der Waals surface area contributed by atoms with Crippen molar-refractivity contribution in [2.45, 2.75) is 31.7 Å². The van der Waals surface area contributed by atoms with Crippen LogP contribution in [0, 0.1) is 11.8 Å². The van der Waals surface area contributed by atoms with Gasteiger partial charge in [-0.3, -0.25) is 4.79 Å². The Kier molecular flexibility index (Phi) is 2.91. The quantitative estimate of drug-likeness (QED) is 0.554. The Morgan fingerprint density at radius 3 is 2.94 bits per heavy atom. The van der Waals surface area contributed by atoms with Crippen LogP contribution in [-0.2, 0) is 0 Å². The van der Waals surface area contributed by atoms with Crippen molar-refractivity contribution in [1.29, 1.82) is 0 Å². The van der Waals surface area contributed by atoms with Gasteiger partial charge in [0.25, 0.3) is 5.91 Å². The Bertz CT molecular complexity index is 462. The van der Waals surface area contributed by atoms with E-state index in [9.17, 15) is 4.79 Å². The van der Waals surface area contributed by atoms with Crippen LogP contribution in [0.1, 0.15) is 36.0 Å². The summed E-state index contributed by atoms with van der Waals surface area (Å²) >= 11 is 0. The lowest BCUT2D eigenvalue weighted by Gasteiger charge is -2.22. The number of nitrogens with zero attached hydrogens (tertiary/aromatic N) is 1. The summed E-state index contributed by atoms with van der Waals surface area (Å²) in [6, 6.07) is 3.74. The largest absolute Gasteiger partial charge is 0.349 e. The second-order valence-corrected chi connectivity index (χ2v) is 5.33. The maximum Gasteiger partial charge on any atom is 0.251 e. The molecule has 1 amide bonds. The van der Waals surface area contributed by atoms with Gasteiger partial charge >= 0.3 is 0 Å². The van der Waals surface area contributed by atoms with E-state index in [2.05, 4.69) is 15.7 Å². The zero-order valence-corrected chi connectivity index (χ0v) is 10.2. The summed E-state index contributed by atoms with van der Waals surface area (Å²) in [5.41, 5.74) is 3.06. The fourth-order valence-electron chi connectivity index (χ4n) is 3.32. The summed E-state index contributed by atoms with van der Waals surface area (Å²) in [6.07, 6.45) is 6.63. The number of pyridine rings is 1. The fourth-order valence-corrected chi connectivity index (χ4v) is 3.32. The lowest BCUT2D eigenvalue weighted by Crippen LogP contribution is -2.38. The van der Waals surface area contributed by atoms with Crippen molar-refractivity contribution in [1.82, 2.24) is 10.3 Å². The number of fused-ring (bicyclic) bond motifs is 2. The molecular formula is C13H18N4O. The van der Waals surface area contributed by atoms with Crippen LogP contribution in [0.25, 0.3) is 0 Å². The van der Waals surface area contributed by atoms with Crippen molar-refractivity contribution in [3.8, 4) is 0 Å². The minimum Gasteiger partial charge on any atom is -0.349 e. The number of aromatic nitrogens is 1. The number of amides is 1. The third-order valence-electron chi connectivity index (χ3n) is 4.22.